The second-order valence-corrected chi connectivity index (χ2v) is 7.61. The van der Waals surface area contributed by atoms with Gasteiger partial charge in [0, 0.05) is 31.3 Å². The van der Waals surface area contributed by atoms with Gasteiger partial charge >= 0.3 is 0 Å². The van der Waals surface area contributed by atoms with Gasteiger partial charge in [-0.3, -0.25) is 4.79 Å². The van der Waals surface area contributed by atoms with Crippen molar-refractivity contribution < 1.29 is 19.7 Å². The molecule has 0 bridgehead atoms. The Bertz CT molecular complexity index is 671. The number of aliphatic hydroxyl groups is 2. The minimum Gasteiger partial charge on any atom is -0.493 e. The Morgan fingerprint density at radius 2 is 2.04 bits per heavy atom. The van der Waals surface area contributed by atoms with Gasteiger partial charge in [-0.2, -0.15) is 0 Å². The van der Waals surface area contributed by atoms with Gasteiger partial charge < -0.3 is 25.6 Å². The smallest absolute Gasteiger partial charge is 0.224 e. The lowest BCUT2D eigenvalue weighted by Gasteiger charge is -2.43. The van der Waals surface area contributed by atoms with Crippen LogP contribution in [0.15, 0.2) is 18.2 Å². The van der Waals surface area contributed by atoms with E-state index in [1.54, 1.807) is 0 Å². The fourth-order valence-electron chi connectivity index (χ4n) is 4.74. The molecular formula is C19H27ClN2O4. The van der Waals surface area contributed by atoms with E-state index in [-0.39, 0.29) is 42.0 Å². The van der Waals surface area contributed by atoms with Crippen LogP contribution in [-0.2, 0) is 17.8 Å². The average Bonchev–Trinajstić information content (AvgIpc) is 3.26. The number of hydrogen-bond acceptors (Lipinski definition) is 5. The van der Waals surface area contributed by atoms with Crippen LogP contribution in [0.1, 0.15) is 18.1 Å². The molecule has 6 atom stereocenters. The van der Waals surface area contributed by atoms with Gasteiger partial charge in [-0.15, -0.1) is 12.4 Å². The highest BCUT2D eigenvalue weighted by molar-refractivity contribution is 5.85. The number of ether oxygens (including phenoxy) is 1. The van der Waals surface area contributed by atoms with E-state index in [0.29, 0.717) is 19.6 Å². The molecule has 2 fully saturated rings. The molecule has 1 amide bonds. The monoisotopic (exact) mass is 382 g/mol. The zero-order valence-electron chi connectivity index (χ0n) is 14.9. The standard InChI is InChI=1S/C19H26N2O4.ClH/c1-10-16(13-8-20-9-14(13)18(23)17(10)22)19(24)21-7-11-2-3-15-12(6-11)4-5-25-15;/h2-3,6,10,13-14,16-18,20,22-23H,4-5,7-9H2,1H3,(H,21,24);1H/t10-,13+,14+,16+,17+,18+;/m1./s1. The van der Waals surface area contributed by atoms with Crippen LogP contribution in [-0.4, -0.2) is 48.0 Å². The van der Waals surface area contributed by atoms with Gasteiger partial charge in [0.2, 0.25) is 5.91 Å². The van der Waals surface area contributed by atoms with Crippen LogP contribution >= 0.6 is 12.4 Å². The Balaban J connectivity index is 0.00000196. The van der Waals surface area contributed by atoms with Crippen molar-refractivity contribution in [2.24, 2.45) is 23.7 Å². The Morgan fingerprint density at radius 1 is 1.27 bits per heavy atom. The number of hydrogen-bond donors (Lipinski definition) is 4. The largest absolute Gasteiger partial charge is 0.493 e. The summed E-state index contributed by atoms with van der Waals surface area (Å²) in [6.07, 6.45) is -0.694. The van der Waals surface area contributed by atoms with Crippen molar-refractivity contribution in [2.75, 3.05) is 19.7 Å². The lowest BCUT2D eigenvalue weighted by Crippen LogP contribution is -2.55. The second-order valence-electron chi connectivity index (χ2n) is 7.61. The zero-order chi connectivity index (χ0) is 17.6. The summed E-state index contributed by atoms with van der Waals surface area (Å²) in [6.45, 7) is 4.43. The number of nitrogens with one attached hydrogen (secondary N) is 2. The maximum Gasteiger partial charge on any atom is 0.224 e. The molecule has 7 heteroatoms. The molecule has 3 aliphatic rings. The van der Waals surface area contributed by atoms with E-state index in [2.05, 4.69) is 16.7 Å². The fourth-order valence-corrected chi connectivity index (χ4v) is 4.74. The highest BCUT2D eigenvalue weighted by Gasteiger charge is 2.52. The van der Waals surface area contributed by atoms with E-state index >= 15 is 0 Å². The summed E-state index contributed by atoms with van der Waals surface area (Å²) < 4.78 is 5.51. The molecule has 1 aromatic carbocycles. The molecule has 26 heavy (non-hydrogen) atoms. The van der Waals surface area contributed by atoms with Crippen LogP contribution in [0.3, 0.4) is 0 Å². The predicted molar refractivity (Wildman–Crippen MR) is 99.3 cm³/mol. The van der Waals surface area contributed by atoms with Gasteiger partial charge in [0.15, 0.2) is 0 Å². The van der Waals surface area contributed by atoms with Gasteiger partial charge in [-0.25, -0.2) is 0 Å². The van der Waals surface area contributed by atoms with Crippen molar-refractivity contribution in [1.29, 1.82) is 0 Å². The highest BCUT2D eigenvalue weighted by atomic mass is 35.5. The molecule has 4 rings (SSSR count). The van der Waals surface area contributed by atoms with Crippen molar-refractivity contribution in [3.8, 4) is 5.75 Å². The van der Waals surface area contributed by atoms with Crippen LogP contribution in [0.2, 0.25) is 0 Å². The number of carbonyl (C=O) groups excluding carboxylic acids is 1. The van der Waals surface area contributed by atoms with E-state index in [0.717, 1.165) is 24.3 Å². The maximum absolute atomic E-state index is 12.9. The number of fused-ring (bicyclic) bond motifs is 2. The maximum atomic E-state index is 12.9. The summed E-state index contributed by atoms with van der Waals surface area (Å²) in [5.74, 6) is 0.378. The summed E-state index contributed by atoms with van der Waals surface area (Å²) >= 11 is 0. The summed E-state index contributed by atoms with van der Waals surface area (Å²) in [4.78, 5) is 12.9. The van der Waals surface area contributed by atoms with Crippen molar-refractivity contribution in [1.82, 2.24) is 10.6 Å². The summed E-state index contributed by atoms with van der Waals surface area (Å²) in [7, 11) is 0. The van der Waals surface area contributed by atoms with Crippen LogP contribution < -0.4 is 15.4 Å². The summed E-state index contributed by atoms with van der Waals surface area (Å²) in [5, 5.41) is 26.9. The number of carbonyl (C=O) groups is 1. The molecule has 6 nitrogen and oxygen atoms in total. The van der Waals surface area contributed by atoms with Crippen molar-refractivity contribution in [3.63, 3.8) is 0 Å². The van der Waals surface area contributed by atoms with Crippen LogP contribution in [0.25, 0.3) is 0 Å². The third-order valence-electron chi connectivity index (χ3n) is 6.19. The first-order chi connectivity index (χ1) is 12.1. The zero-order valence-corrected chi connectivity index (χ0v) is 15.7. The first kappa shape index (κ1) is 19.4. The first-order valence-corrected chi connectivity index (χ1v) is 9.15. The average molecular weight is 383 g/mol. The number of aliphatic hydroxyl groups excluding tert-OH is 2. The molecule has 2 aliphatic heterocycles. The minimum absolute atomic E-state index is 0. The molecular weight excluding hydrogens is 356 g/mol. The molecule has 144 valence electrons. The topological polar surface area (TPSA) is 90.8 Å². The summed E-state index contributed by atoms with van der Waals surface area (Å²) in [5.41, 5.74) is 2.25. The van der Waals surface area contributed by atoms with E-state index in [9.17, 15) is 15.0 Å². The lowest BCUT2D eigenvalue weighted by molar-refractivity contribution is -0.146. The van der Waals surface area contributed by atoms with E-state index < -0.39 is 12.2 Å². The van der Waals surface area contributed by atoms with Crippen LogP contribution in [0, 0.1) is 23.7 Å². The third kappa shape index (κ3) is 3.31. The molecule has 0 unspecified atom stereocenters. The molecule has 1 aromatic rings. The fraction of sp³-hybridized carbons (Fsp3) is 0.632. The molecule has 1 saturated heterocycles. The SMILES string of the molecule is C[C@H]1[C@H](O)[C@@H](O)[C@H]2CNC[C@@H]2[C@H]1C(=O)NCc1ccc2c(c1)CCO2.Cl. The number of rotatable bonds is 3. The molecule has 1 aliphatic carbocycles. The van der Waals surface area contributed by atoms with Gasteiger partial charge in [0.25, 0.3) is 0 Å². The molecule has 0 radical (unpaired) electrons. The normalized spacial score (nSPS) is 35.0. The van der Waals surface area contributed by atoms with Gasteiger partial charge in [-0.05, 0) is 35.6 Å². The number of halogens is 1. The number of amides is 1. The quantitative estimate of drug-likeness (QED) is 0.610. The van der Waals surface area contributed by atoms with Crippen LogP contribution in [0.5, 0.6) is 5.75 Å². The number of benzene rings is 1. The van der Waals surface area contributed by atoms with E-state index in [1.807, 2.05) is 19.1 Å². The van der Waals surface area contributed by atoms with Crippen molar-refractivity contribution >= 4 is 18.3 Å². The molecule has 0 spiro atoms. The Kier molecular flexibility index (Phi) is 5.77. The van der Waals surface area contributed by atoms with E-state index in [4.69, 9.17) is 4.74 Å². The Labute approximate surface area is 159 Å². The first-order valence-electron chi connectivity index (χ1n) is 9.15. The van der Waals surface area contributed by atoms with Gasteiger partial charge in [0.05, 0.1) is 18.8 Å². The molecule has 4 N–H and O–H groups in total. The van der Waals surface area contributed by atoms with Crippen LogP contribution in [0.4, 0.5) is 0 Å². The minimum atomic E-state index is -0.853. The predicted octanol–water partition coefficient (Wildman–Crippen LogP) is 0.483. The Hall–Kier alpha value is -1.34. The second kappa shape index (κ2) is 7.72. The summed E-state index contributed by atoms with van der Waals surface area (Å²) in [6, 6.07) is 6.03. The lowest BCUT2D eigenvalue weighted by atomic mass is 9.65. The van der Waals surface area contributed by atoms with Crippen molar-refractivity contribution in [2.45, 2.75) is 32.1 Å². The van der Waals surface area contributed by atoms with Crippen molar-refractivity contribution in [3.05, 3.63) is 29.3 Å². The highest BCUT2D eigenvalue weighted by Crippen LogP contribution is 2.41. The van der Waals surface area contributed by atoms with Gasteiger partial charge in [0.1, 0.15) is 5.75 Å². The molecule has 1 saturated carbocycles. The molecule has 0 aromatic heterocycles. The van der Waals surface area contributed by atoms with Gasteiger partial charge in [-0.1, -0.05) is 19.1 Å². The third-order valence-corrected chi connectivity index (χ3v) is 6.19. The molecule has 2 heterocycles. The Morgan fingerprint density at radius 3 is 2.85 bits per heavy atom. The van der Waals surface area contributed by atoms with E-state index in [1.165, 1.54) is 5.56 Å².